The lowest BCUT2D eigenvalue weighted by molar-refractivity contribution is 0.0694. The Labute approximate surface area is 81.5 Å². The van der Waals surface area contributed by atoms with Crippen LogP contribution in [0.25, 0.3) is 0 Å². The van der Waals surface area contributed by atoms with Gasteiger partial charge in [-0.3, -0.25) is 4.98 Å². The van der Waals surface area contributed by atoms with E-state index in [1.165, 1.54) is 0 Å². The van der Waals surface area contributed by atoms with Crippen molar-refractivity contribution in [1.82, 2.24) is 4.98 Å². The molecule has 4 nitrogen and oxygen atoms in total. The molecule has 74 valence electrons. The van der Waals surface area contributed by atoms with E-state index < -0.39 is 5.97 Å². The van der Waals surface area contributed by atoms with Crippen LogP contribution in [-0.4, -0.2) is 29.3 Å². The van der Waals surface area contributed by atoms with Crippen LogP contribution in [0, 0.1) is 0 Å². The second-order valence-electron chi connectivity index (χ2n) is 3.30. The number of rotatable bonds is 2. The number of pyridine rings is 1. The van der Waals surface area contributed by atoms with E-state index in [4.69, 9.17) is 9.84 Å². The van der Waals surface area contributed by atoms with E-state index in [2.05, 4.69) is 4.98 Å². The van der Waals surface area contributed by atoms with Gasteiger partial charge in [0, 0.05) is 18.7 Å². The minimum Gasteiger partial charge on any atom is -0.478 e. The van der Waals surface area contributed by atoms with Gasteiger partial charge >= 0.3 is 5.97 Å². The Morgan fingerprint density at radius 2 is 2.50 bits per heavy atom. The molecule has 0 spiro atoms. The van der Waals surface area contributed by atoms with Gasteiger partial charge < -0.3 is 9.84 Å². The van der Waals surface area contributed by atoms with E-state index in [0.717, 1.165) is 6.42 Å². The minimum atomic E-state index is -0.917. The summed E-state index contributed by atoms with van der Waals surface area (Å²) in [5.74, 6) is -0.776. The van der Waals surface area contributed by atoms with Crippen LogP contribution >= 0.6 is 0 Å². The maximum absolute atomic E-state index is 10.9. The van der Waals surface area contributed by atoms with Crippen molar-refractivity contribution in [2.45, 2.75) is 12.3 Å². The average molecular weight is 193 g/mol. The Kier molecular flexibility index (Phi) is 2.45. The quantitative estimate of drug-likeness (QED) is 0.768. The summed E-state index contributed by atoms with van der Waals surface area (Å²) in [4.78, 5) is 15.0. The highest BCUT2D eigenvalue weighted by atomic mass is 16.5. The van der Waals surface area contributed by atoms with Gasteiger partial charge in [-0.05, 0) is 18.6 Å². The Bertz CT molecular complexity index is 345. The lowest BCUT2D eigenvalue weighted by atomic mass is 9.99. The number of carboxylic acid groups (broad SMARTS) is 1. The monoisotopic (exact) mass is 193 g/mol. The summed E-state index contributed by atoms with van der Waals surface area (Å²) >= 11 is 0. The number of aromatic nitrogens is 1. The first-order valence-electron chi connectivity index (χ1n) is 4.55. The van der Waals surface area contributed by atoms with Gasteiger partial charge in [-0.2, -0.15) is 0 Å². The highest BCUT2D eigenvalue weighted by Crippen LogP contribution is 2.25. The number of carboxylic acids is 1. The van der Waals surface area contributed by atoms with Crippen molar-refractivity contribution in [3.63, 3.8) is 0 Å². The fourth-order valence-electron chi connectivity index (χ4n) is 1.67. The third-order valence-electron chi connectivity index (χ3n) is 2.39. The van der Waals surface area contributed by atoms with Crippen LogP contribution in [-0.2, 0) is 4.74 Å². The summed E-state index contributed by atoms with van der Waals surface area (Å²) in [5.41, 5.74) is 0.945. The van der Waals surface area contributed by atoms with Gasteiger partial charge in [0.2, 0.25) is 0 Å². The average Bonchev–Trinajstić information content (AvgIpc) is 2.70. The summed E-state index contributed by atoms with van der Waals surface area (Å²) in [5, 5.41) is 8.95. The molecule has 1 aromatic rings. The van der Waals surface area contributed by atoms with Gasteiger partial charge in [0.1, 0.15) is 0 Å². The van der Waals surface area contributed by atoms with Crippen LogP contribution in [0.15, 0.2) is 18.3 Å². The number of nitrogens with zero attached hydrogens (tertiary/aromatic N) is 1. The number of hydrogen-bond donors (Lipinski definition) is 1. The SMILES string of the molecule is O=C(O)c1cccnc1C1CCOC1. The van der Waals surface area contributed by atoms with Crippen molar-refractivity contribution in [2.75, 3.05) is 13.2 Å². The van der Waals surface area contributed by atoms with E-state index in [1.807, 2.05) is 0 Å². The predicted molar refractivity (Wildman–Crippen MR) is 49.4 cm³/mol. The van der Waals surface area contributed by atoms with Crippen LogP contribution in [0.5, 0.6) is 0 Å². The Balaban J connectivity index is 2.35. The van der Waals surface area contributed by atoms with Crippen LogP contribution in [0.4, 0.5) is 0 Å². The van der Waals surface area contributed by atoms with Gasteiger partial charge in [-0.15, -0.1) is 0 Å². The van der Waals surface area contributed by atoms with Crippen LogP contribution in [0.3, 0.4) is 0 Å². The van der Waals surface area contributed by atoms with E-state index in [9.17, 15) is 4.79 Å². The lowest BCUT2D eigenvalue weighted by Gasteiger charge is -2.09. The van der Waals surface area contributed by atoms with Crippen LogP contribution < -0.4 is 0 Å². The normalized spacial score (nSPS) is 21.0. The van der Waals surface area contributed by atoms with Crippen molar-refractivity contribution in [3.05, 3.63) is 29.6 Å². The number of carbonyl (C=O) groups is 1. The van der Waals surface area contributed by atoms with E-state index in [-0.39, 0.29) is 5.92 Å². The maximum Gasteiger partial charge on any atom is 0.337 e. The molecule has 14 heavy (non-hydrogen) atoms. The Morgan fingerprint density at radius 1 is 1.64 bits per heavy atom. The molecule has 1 aromatic heterocycles. The molecule has 0 amide bonds. The molecule has 0 aliphatic carbocycles. The summed E-state index contributed by atoms with van der Waals surface area (Å²) < 4.78 is 5.21. The Morgan fingerprint density at radius 3 is 3.14 bits per heavy atom. The zero-order valence-electron chi connectivity index (χ0n) is 7.64. The van der Waals surface area contributed by atoms with Crippen LogP contribution in [0.2, 0.25) is 0 Å². The number of aromatic carboxylic acids is 1. The molecule has 1 aliphatic heterocycles. The number of hydrogen-bond acceptors (Lipinski definition) is 3. The summed E-state index contributed by atoms with van der Waals surface area (Å²) in [6, 6.07) is 3.23. The van der Waals surface area contributed by atoms with Gasteiger partial charge in [0.25, 0.3) is 0 Å². The van der Waals surface area contributed by atoms with Gasteiger partial charge in [-0.1, -0.05) is 0 Å². The zero-order chi connectivity index (χ0) is 9.97. The largest absolute Gasteiger partial charge is 0.478 e. The minimum absolute atomic E-state index is 0.141. The molecule has 1 atom stereocenters. The fourth-order valence-corrected chi connectivity index (χ4v) is 1.67. The van der Waals surface area contributed by atoms with Gasteiger partial charge in [0.05, 0.1) is 17.9 Å². The van der Waals surface area contributed by atoms with E-state index >= 15 is 0 Å². The molecule has 1 aliphatic rings. The second kappa shape index (κ2) is 3.75. The molecule has 1 unspecified atom stereocenters. The molecular formula is C10H11NO3. The summed E-state index contributed by atoms with van der Waals surface area (Å²) in [6.45, 7) is 1.28. The molecule has 4 heteroatoms. The highest BCUT2D eigenvalue weighted by Gasteiger charge is 2.23. The van der Waals surface area contributed by atoms with Gasteiger partial charge in [0.15, 0.2) is 0 Å². The van der Waals surface area contributed by atoms with Crippen molar-refractivity contribution in [2.24, 2.45) is 0 Å². The molecule has 0 aromatic carbocycles. The first kappa shape index (κ1) is 9.15. The summed E-state index contributed by atoms with van der Waals surface area (Å²) in [7, 11) is 0. The van der Waals surface area contributed by atoms with E-state index in [1.54, 1.807) is 18.3 Å². The molecule has 0 saturated carbocycles. The topological polar surface area (TPSA) is 59.4 Å². The van der Waals surface area contributed by atoms with Crippen molar-refractivity contribution < 1.29 is 14.6 Å². The first-order chi connectivity index (χ1) is 6.79. The molecular weight excluding hydrogens is 182 g/mol. The maximum atomic E-state index is 10.9. The first-order valence-corrected chi connectivity index (χ1v) is 4.55. The standard InChI is InChI=1S/C10H11NO3/c12-10(13)8-2-1-4-11-9(8)7-3-5-14-6-7/h1-2,4,7H,3,5-6H2,(H,12,13). The predicted octanol–water partition coefficient (Wildman–Crippen LogP) is 1.28. The smallest absolute Gasteiger partial charge is 0.337 e. The second-order valence-corrected chi connectivity index (χ2v) is 3.30. The summed E-state index contributed by atoms with van der Waals surface area (Å²) in [6.07, 6.45) is 2.48. The third-order valence-corrected chi connectivity index (χ3v) is 2.39. The highest BCUT2D eigenvalue weighted by molar-refractivity contribution is 5.89. The lowest BCUT2D eigenvalue weighted by Crippen LogP contribution is -2.09. The molecule has 2 heterocycles. The van der Waals surface area contributed by atoms with E-state index in [0.29, 0.717) is 24.5 Å². The molecule has 1 N–H and O–H groups in total. The molecule has 1 fully saturated rings. The molecule has 0 radical (unpaired) electrons. The molecule has 2 rings (SSSR count). The Hall–Kier alpha value is -1.42. The van der Waals surface area contributed by atoms with Gasteiger partial charge in [-0.25, -0.2) is 4.79 Å². The zero-order valence-corrected chi connectivity index (χ0v) is 7.64. The third kappa shape index (κ3) is 1.61. The number of ether oxygens (including phenoxy) is 1. The van der Waals surface area contributed by atoms with Crippen molar-refractivity contribution >= 4 is 5.97 Å². The van der Waals surface area contributed by atoms with Crippen LogP contribution in [0.1, 0.15) is 28.4 Å². The van der Waals surface area contributed by atoms with Crippen molar-refractivity contribution in [1.29, 1.82) is 0 Å². The van der Waals surface area contributed by atoms with Crippen molar-refractivity contribution in [3.8, 4) is 0 Å². The molecule has 0 bridgehead atoms. The fraction of sp³-hybridized carbons (Fsp3) is 0.400. The molecule has 1 saturated heterocycles.